The van der Waals surface area contributed by atoms with Gasteiger partial charge in [0.1, 0.15) is 17.0 Å². The monoisotopic (exact) mass is 335 g/mol. The van der Waals surface area contributed by atoms with Crippen molar-refractivity contribution in [2.45, 2.75) is 0 Å². The average Bonchev–Trinajstić information content (AvgIpc) is 3.09. The third kappa shape index (κ3) is 2.94. The van der Waals surface area contributed by atoms with Gasteiger partial charge in [0, 0.05) is 17.2 Å². The highest BCUT2D eigenvalue weighted by Gasteiger charge is 2.14. The molecule has 2 aromatic carbocycles. The summed E-state index contributed by atoms with van der Waals surface area (Å²) >= 11 is 0. The minimum absolute atomic E-state index is 0.0137. The molecule has 0 fully saturated rings. The summed E-state index contributed by atoms with van der Waals surface area (Å²) in [5.41, 5.74) is 0.298. The lowest BCUT2D eigenvalue weighted by Gasteiger charge is -1.97. The van der Waals surface area contributed by atoms with Gasteiger partial charge in [0.15, 0.2) is 0 Å². The van der Waals surface area contributed by atoms with Crippen molar-refractivity contribution in [2.24, 2.45) is 4.99 Å². The number of nitrogens with zero attached hydrogens (tertiary/aromatic N) is 3. The molecule has 0 aliphatic heterocycles. The van der Waals surface area contributed by atoms with E-state index in [-0.39, 0.29) is 23.0 Å². The molecule has 6 nitrogen and oxygen atoms in total. The molecule has 2 heterocycles. The van der Waals surface area contributed by atoms with Crippen molar-refractivity contribution in [1.29, 1.82) is 0 Å². The van der Waals surface area contributed by atoms with Crippen molar-refractivity contribution in [2.75, 3.05) is 0 Å². The van der Waals surface area contributed by atoms with Crippen LogP contribution in [0.4, 0.5) is 10.4 Å². The van der Waals surface area contributed by atoms with E-state index in [0.29, 0.717) is 5.58 Å². The lowest BCUT2D eigenvalue weighted by Crippen LogP contribution is -2.02. The maximum Gasteiger partial charge on any atom is 0.349 e. The van der Waals surface area contributed by atoms with Gasteiger partial charge in [-0.25, -0.2) is 14.2 Å². The largest absolute Gasteiger partial charge is 0.422 e. The SMILES string of the molecule is O=c1oc2ccccc2cc1-c1nnc(/N=C/c2ccccc2F)o1. The summed E-state index contributed by atoms with van der Waals surface area (Å²) in [5.74, 6) is -0.429. The van der Waals surface area contributed by atoms with Crippen molar-refractivity contribution >= 4 is 23.2 Å². The Bertz CT molecular complexity index is 1150. The summed E-state index contributed by atoms with van der Waals surface area (Å²) in [6.45, 7) is 0. The molecule has 0 atom stereocenters. The Morgan fingerprint density at radius 1 is 1.00 bits per heavy atom. The molecular formula is C18H10FN3O3. The normalized spacial score (nSPS) is 11.4. The molecule has 0 aliphatic rings. The molecule has 0 saturated heterocycles. The Kier molecular flexibility index (Phi) is 3.66. The molecule has 25 heavy (non-hydrogen) atoms. The minimum atomic E-state index is -0.591. The van der Waals surface area contributed by atoms with Crippen LogP contribution in [0.3, 0.4) is 0 Å². The van der Waals surface area contributed by atoms with Crippen LogP contribution in [-0.2, 0) is 0 Å². The zero-order valence-corrected chi connectivity index (χ0v) is 12.7. The highest BCUT2D eigenvalue weighted by atomic mass is 19.1. The molecule has 2 aromatic heterocycles. The zero-order chi connectivity index (χ0) is 17.2. The van der Waals surface area contributed by atoms with Crippen LogP contribution < -0.4 is 5.63 Å². The van der Waals surface area contributed by atoms with Gasteiger partial charge in [0.25, 0.3) is 5.89 Å². The first kappa shape index (κ1) is 14.9. The summed E-state index contributed by atoms with van der Waals surface area (Å²) in [6.07, 6.45) is 1.27. The number of rotatable bonds is 3. The van der Waals surface area contributed by atoms with Gasteiger partial charge in [-0.1, -0.05) is 41.5 Å². The first-order chi connectivity index (χ1) is 12.2. The number of hydrogen-bond donors (Lipinski definition) is 0. The lowest BCUT2D eigenvalue weighted by atomic mass is 10.2. The van der Waals surface area contributed by atoms with Gasteiger partial charge in [0.05, 0.1) is 0 Å². The quantitative estimate of drug-likeness (QED) is 0.421. The van der Waals surface area contributed by atoms with E-state index in [2.05, 4.69) is 15.2 Å². The number of aliphatic imine (C=N–C) groups is 1. The second-order valence-electron chi connectivity index (χ2n) is 5.15. The van der Waals surface area contributed by atoms with Crippen molar-refractivity contribution in [3.05, 3.63) is 76.4 Å². The summed E-state index contributed by atoms with van der Waals surface area (Å²) in [7, 11) is 0. The van der Waals surface area contributed by atoms with Crippen LogP contribution in [0.15, 0.2) is 73.2 Å². The number of fused-ring (bicyclic) bond motifs is 1. The molecule has 0 spiro atoms. The third-order valence-electron chi connectivity index (χ3n) is 3.51. The molecule has 4 rings (SSSR count). The van der Waals surface area contributed by atoms with Gasteiger partial charge in [-0.2, -0.15) is 0 Å². The van der Waals surface area contributed by atoms with Crippen LogP contribution in [0.25, 0.3) is 22.4 Å². The van der Waals surface area contributed by atoms with Crippen molar-refractivity contribution < 1.29 is 13.2 Å². The predicted molar refractivity (Wildman–Crippen MR) is 89.4 cm³/mol. The summed E-state index contributed by atoms with van der Waals surface area (Å²) in [4.78, 5) is 16.0. The first-order valence-corrected chi connectivity index (χ1v) is 7.36. The van der Waals surface area contributed by atoms with Gasteiger partial charge in [-0.3, -0.25) is 0 Å². The standard InChI is InChI=1S/C18H10FN3O3/c19-14-7-3-1-6-12(14)10-20-18-22-21-16(25-18)13-9-11-5-2-4-8-15(11)24-17(13)23/h1-10H/b20-10+. The van der Waals surface area contributed by atoms with Crippen LogP contribution in [0.2, 0.25) is 0 Å². The van der Waals surface area contributed by atoms with Gasteiger partial charge in [-0.05, 0) is 18.2 Å². The summed E-state index contributed by atoms with van der Waals surface area (Å²) < 4.78 is 24.1. The molecule has 0 aliphatic carbocycles. The number of aromatic nitrogens is 2. The fraction of sp³-hybridized carbons (Fsp3) is 0. The van der Waals surface area contributed by atoms with E-state index in [9.17, 15) is 9.18 Å². The Labute approximate surface area is 140 Å². The number of hydrogen-bond acceptors (Lipinski definition) is 6. The van der Waals surface area contributed by atoms with Crippen LogP contribution in [0.5, 0.6) is 0 Å². The van der Waals surface area contributed by atoms with Crippen molar-refractivity contribution in [3.63, 3.8) is 0 Å². The van der Waals surface area contributed by atoms with E-state index in [1.165, 1.54) is 12.3 Å². The second-order valence-corrected chi connectivity index (χ2v) is 5.15. The number of halogens is 1. The zero-order valence-electron chi connectivity index (χ0n) is 12.7. The molecule has 0 saturated carbocycles. The van der Waals surface area contributed by atoms with Gasteiger partial charge < -0.3 is 8.83 Å². The second kappa shape index (κ2) is 6.12. The lowest BCUT2D eigenvalue weighted by molar-refractivity contribution is 0.546. The highest BCUT2D eigenvalue weighted by Crippen LogP contribution is 2.22. The van der Waals surface area contributed by atoms with Crippen molar-refractivity contribution in [1.82, 2.24) is 10.2 Å². The molecule has 0 amide bonds. The molecule has 4 aromatic rings. The van der Waals surface area contributed by atoms with Crippen LogP contribution in [0.1, 0.15) is 5.56 Å². The minimum Gasteiger partial charge on any atom is -0.422 e. The van der Waals surface area contributed by atoms with Gasteiger partial charge in [-0.15, -0.1) is 5.10 Å². The summed E-state index contributed by atoms with van der Waals surface area (Å²) in [5, 5.41) is 8.27. The predicted octanol–water partition coefficient (Wildman–Crippen LogP) is 3.73. The number of para-hydroxylation sites is 1. The van der Waals surface area contributed by atoms with Crippen LogP contribution in [-0.4, -0.2) is 16.4 Å². The van der Waals surface area contributed by atoms with E-state index in [1.807, 2.05) is 6.07 Å². The third-order valence-corrected chi connectivity index (χ3v) is 3.51. The molecule has 0 bridgehead atoms. The van der Waals surface area contributed by atoms with Crippen molar-refractivity contribution in [3.8, 4) is 11.5 Å². The maximum absolute atomic E-state index is 13.6. The topological polar surface area (TPSA) is 81.5 Å². The van der Waals surface area contributed by atoms with E-state index >= 15 is 0 Å². The molecular weight excluding hydrogens is 325 g/mol. The first-order valence-electron chi connectivity index (χ1n) is 7.36. The number of benzene rings is 2. The highest BCUT2D eigenvalue weighted by molar-refractivity contribution is 5.82. The fourth-order valence-electron chi connectivity index (χ4n) is 2.29. The molecule has 0 radical (unpaired) electrons. The molecule has 0 N–H and O–H groups in total. The Hall–Kier alpha value is -3.61. The van der Waals surface area contributed by atoms with Gasteiger partial charge >= 0.3 is 11.6 Å². The van der Waals surface area contributed by atoms with E-state index in [0.717, 1.165) is 5.39 Å². The Morgan fingerprint density at radius 3 is 2.68 bits per heavy atom. The Balaban J connectivity index is 1.69. The summed E-state index contributed by atoms with van der Waals surface area (Å²) in [6, 6.07) is 14.8. The molecule has 122 valence electrons. The van der Waals surface area contributed by atoms with Crippen LogP contribution >= 0.6 is 0 Å². The average molecular weight is 335 g/mol. The maximum atomic E-state index is 13.6. The fourth-order valence-corrected chi connectivity index (χ4v) is 2.29. The molecule has 7 heteroatoms. The Morgan fingerprint density at radius 2 is 1.80 bits per heavy atom. The van der Waals surface area contributed by atoms with E-state index in [1.54, 1.807) is 42.5 Å². The smallest absolute Gasteiger partial charge is 0.349 e. The van der Waals surface area contributed by atoms with Crippen LogP contribution in [0, 0.1) is 5.82 Å². The van der Waals surface area contributed by atoms with E-state index in [4.69, 9.17) is 8.83 Å². The van der Waals surface area contributed by atoms with E-state index < -0.39 is 11.4 Å². The molecule has 0 unspecified atom stereocenters. The van der Waals surface area contributed by atoms with Gasteiger partial charge in [0.2, 0.25) is 0 Å².